The van der Waals surface area contributed by atoms with E-state index in [0.717, 1.165) is 11.4 Å². The standard InChI is InChI=1S/C11H14N2O2/c1-8(14)6-13-7-11(15)12-9-4-2-3-5-10(9)13/h2-5,8,14H,6-7H2,1H3,(H,12,15). The quantitative estimate of drug-likeness (QED) is 0.753. The van der Waals surface area contributed by atoms with E-state index in [-0.39, 0.29) is 5.91 Å². The van der Waals surface area contributed by atoms with Gasteiger partial charge in [0.05, 0.1) is 24.0 Å². The molecule has 4 heteroatoms. The Hall–Kier alpha value is -1.55. The van der Waals surface area contributed by atoms with Gasteiger partial charge < -0.3 is 15.3 Å². The maximum Gasteiger partial charge on any atom is 0.243 e. The first-order chi connectivity index (χ1) is 7.16. The Morgan fingerprint density at radius 3 is 3.00 bits per heavy atom. The number of nitrogens with zero attached hydrogens (tertiary/aromatic N) is 1. The number of carbonyl (C=O) groups is 1. The molecule has 0 aliphatic carbocycles. The van der Waals surface area contributed by atoms with Gasteiger partial charge in [0.25, 0.3) is 0 Å². The second kappa shape index (κ2) is 3.90. The number of fused-ring (bicyclic) bond motifs is 1. The van der Waals surface area contributed by atoms with Gasteiger partial charge in [-0.15, -0.1) is 0 Å². The van der Waals surface area contributed by atoms with Gasteiger partial charge in [0.1, 0.15) is 0 Å². The molecule has 0 fully saturated rings. The minimum atomic E-state index is -0.441. The number of nitrogens with one attached hydrogen (secondary N) is 1. The summed E-state index contributed by atoms with van der Waals surface area (Å²) in [5, 5.41) is 12.1. The molecule has 0 bridgehead atoms. The second-order valence-corrected chi connectivity index (χ2v) is 3.79. The molecule has 1 unspecified atom stereocenters. The number of anilines is 2. The normalized spacial score (nSPS) is 16.9. The lowest BCUT2D eigenvalue weighted by Crippen LogP contribution is -2.41. The third-order valence-corrected chi connectivity index (χ3v) is 2.34. The predicted molar refractivity (Wildman–Crippen MR) is 59.0 cm³/mol. The van der Waals surface area contributed by atoms with Gasteiger partial charge in [0, 0.05) is 6.54 Å². The summed E-state index contributed by atoms with van der Waals surface area (Å²) in [5.41, 5.74) is 1.78. The van der Waals surface area contributed by atoms with Crippen LogP contribution in [0.1, 0.15) is 6.92 Å². The molecule has 15 heavy (non-hydrogen) atoms. The summed E-state index contributed by atoms with van der Waals surface area (Å²) in [7, 11) is 0. The molecule has 0 saturated carbocycles. The molecule has 1 aliphatic rings. The van der Waals surface area contributed by atoms with Gasteiger partial charge >= 0.3 is 0 Å². The van der Waals surface area contributed by atoms with Crippen molar-refractivity contribution in [3.63, 3.8) is 0 Å². The topological polar surface area (TPSA) is 52.6 Å². The fraction of sp³-hybridized carbons (Fsp3) is 0.364. The number of benzene rings is 1. The smallest absolute Gasteiger partial charge is 0.243 e. The van der Waals surface area contributed by atoms with Crippen LogP contribution in [0.3, 0.4) is 0 Å². The van der Waals surface area contributed by atoms with E-state index in [1.807, 2.05) is 29.2 Å². The number of rotatable bonds is 2. The van der Waals surface area contributed by atoms with Crippen molar-refractivity contribution in [2.75, 3.05) is 23.3 Å². The van der Waals surface area contributed by atoms with Gasteiger partial charge in [-0.2, -0.15) is 0 Å². The molecule has 1 aromatic rings. The number of hydrogen-bond acceptors (Lipinski definition) is 3. The van der Waals surface area contributed by atoms with Crippen molar-refractivity contribution >= 4 is 17.3 Å². The van der Waals surface area contributed by atoms with Crippen LogP contribution in [0.2, 0.25) is 0 Å². The van der Waals surface area contributed by atoms with E-state index in [4.69, 9.17) is 0 Å². The molecular formula is C11H14N2O2. The number of aliphatic hydroxyl groups is 1. The number of aliphatic hydroxyl groups excluding tert-OH is 1. The van der Waals surface area contributed by atoms with E-state index in [1.54, 1.807) is 6.92 Å². The van der Waals surface area contributed by atoms with E-state index in [9.17, 15) is 9.90 Å². The first-order valence-electron chi connectivity index (χ1n) is 4.98. The van der Waals surface area contributed by atoms with Crippen LogP contribution in [-0.2, 0) is 4.79 Å². The molecule has 80 valence electrons. The predicted octanol–water partition coefficient (Wildman–Crippen LogP) is 0.826. The van der Waals surface area contributed by atoms with Gasteiger partial charge in [-0.25, -0.2) is 0 Å². The Labute approximate surface area is 88.5 Å². The second-order valence-electron chi connectivity index (χ2n) is 3.79. The van der Waals surface area contributed by atoms with Crippen LogP contribution >= 0.6 is 0 Å². The van der Waals surface area contributed by atoms with E-state index in [1.165, 1.54) is 0 Å². The van der Waals surface area contributed by atoms with Gasteiger partial charge in [-0.3, -0.25) is 4.79 Å². The van der Waals surface area contributed by atoms with Crippen molar-refractivity contribution < 1.29 is 9.90 Å². The molecule has 1 aliphatic heterocycles. The van der Waals surface area contributed by atoms with Crippen LogP contribution in [0, 0.1) is 0 Å². The summed E-state index contributed by atoms with van der Waals surface area (Å²) >= 11 is 0. The maximum atomic E-state index is 11.4. The van der Waals surface area contributed by atoms with Crippen LogP contribution in [0.4, 0.5) is 11.4 Å². The molecule has 1 aromatic carbocycles. The van der Waals surface area contributed by atoms with Gasteiger partial charge in [-0.05, 0) is 19.1 Å². The average molecular weight is 206 g/mol. The SMILES string of the molecule is CC(O)CN1CC(=O)Nc2ccccc21. The summed E-state index contributed by atoms with van der Waals surface area (Å²) in [6.45, 7) is 2.50. The molecule has 1 amide bonds. The first kappa shape index (κ1) is 9.98. The Balaban J connectivity index is 2.30. The lowest BCUT2D eigenvalue weighted by atomic mass is 10.2. The number of hydrogen-bond donors (Lipinski definition) is 2. The highest BCUT2D eigenvalue weighted by atomic mass is 16.3. The van der Waals surface area contributed by atoms with Crippen molar-refractivity contribution in [1.29, 1.82) is 0 Å². The number of β-amino-alcohol motifs (C(OH)–C–C–N with tert-alkyl or cyclic N) is 1. The van der Waals surface area contributed by atoms with Crippen LogP contribution < -0.4 is 10.2 Å². The fourth-order valence-electron chi connectivity index (χ4n) is 1.79. The van der Waals surface area contributed by atoms with Crippen molar-refractivity contribution in [1.82, 2.24) is 0 Å². The van der Waals surface area contributed by atoms with E-state index in [0.29, 0.717) is 13.1 Å². The molecule has 4 nitrogen and oxygen atoms in total. The highest BCUT2D eigenvalue weighted by Gasteiger charge is 2.21. The Morgan fingerprint density at radius 2 is 2.27 bits per heavy atom. The highest BCUT2D eigenvalue weighted by Crippen LogP contribution is 2.28. The number of carbonyl (C=O) groups excluding carboxylic acids is 1. The Bertz CT molecular complexity index is 377. The third-order valence-electron chi connectivity index (χ3n) is 2.34. The van der Waals surface area contributed by atoms with Crippen LogP contribution in [-0.4, -0.2) is 30.2 Å². The molecule has 1 heterocycles. The highest BCUT2D eigenvalue weighted by molar-refractivity contribution is 6.01. The minimum Gasteiger partial charge on any atom is -0.392 e. The maximum absolute atomic E-state index is 11.4. The third kappa shape index (κ3) is 2.10. The summed E-state index contributed by atoms with van der Waals surface area (Å²) in [6, 6.07) is 7.61. The van der Waals surface area contributed by atoms with Crippen molar-refractivity contribution in [3.05, 3.63) is 24.3 Å². The largest absolute Gasteiger partial charge is 0.392 e. The van der Waals surface area contributed by atoms with Crippen LogP contribution in [0.25, 0.3) is 0 Å². The summed E-state index contributed by atoms with van der Waals surface area (Å²) in [4.78, 5) is 13.3. The van der Waals surface area contributed by atoms with Crippen molar-refractivity contribution in [3.8, 4) is 0 Å². The summed E-state index contributed by atoms with van der Waals surface area (Å²) in [6.07, 6.45) is -0.441. The van der Waals surface area contributed by atoms with Gasteiger partial charge in [-0.1, -0.05) is 12.1 Å². The molecule has 2 N–H and O–H groups in total. The minimum absolute atomic E-state index is 0.0330. The molecule has 1 atom stereocenters. The van der Waals surface area contributed by atoms with E-state index >= 15 is 0 Å². The lowest BCUT2D eigenvalue weighted by Gasteiger charge is -2.31. The molecule has 0 radical (unpaired) electrons. The van der Waals surface area contributed by atoms with Crippen molar-refractivity contribution in [2.45, 2.75) is 13.0 Å². The first-order valence-corrected chi connectivity index (χ1v) is 4.98. The zero-order valence-corrected chi connectivity index (χ0v) is 8.60. The zero-order valence-electron chi connectivity index (χ0n) is 8.60. The molecule has 0 saturated heterocycles. The van der Waals surface area contributed by atoms with E-state index in [2.05, 4.69) is 5.32 Å². The molecule has 0 aromatic heterocycles. The van der Waals surface area contributed by atoms with Crippen molar-refractivity contribution in [2.24, 2.45) is 0 Å². The van der Waals surface area contributed by atoms with Gasteiger partial charge in [0.2, 0.25) is 5.91 Å². The summed E-state index contributed by atoms with van der Waals surface area (Å²) in [5.74, 6) is -0.0330. The van der Waals surface area contributed by atoms with Crippen LogP contribution in [0.15, 0.2) is 24.3 Å². The molecule has 0 spiro atoms. The van der Waals surface area contributed by atoms with E-state index < -0.39 is 6.10 Å². The number of amides is 1. The van der Waals surface area contributed by atoms with Gasteiger partial charge in [0.15, 0.2) is 0 Å². The lowest BCUT2D eigenvalue weighted by molar-refractivity contribution is -0.115. The Morgan fingerprint density at radius 1 is 1.53 bits per heavy atom. The monoisotopic (exact) mass is 206 g/mol. The zero-order chi connectivity index (χ0) is 10.8. The number of para-hydroxylation sites is 2. The summed E-state index contributed by atoms with van der Waals surface area (Å²) < 4.78 is 0. The van der Waals surface area contributed by atoms with Crippen LogP contribution in [0.5, 0.6) is 0 Å². The fourth-order valence-corrected chi connectivity index (χ4v) is 1.79. The molecular weight excluding hydrogens is 192 g/mol. The Kier molecular flexibility index (Phi) is 2.60. The average Bonchev–Trinajstić information content (AvgIpc) is 2.16. The molecule has 2 rings (SSSR count).